The third-order valence-electron chi connectivity index (χ3n) is 4.67. The van der Waals surface area contributed by atoms with Gasteiger partial charge in [-0.1, -0.05) is 37.6 Å². The zero-order valence-corrected chi connectivity index (χ0v) is 17.3. The van der Waals surface area contributed by atoms with Crippen LogP contribution in [0.2, 0.25) is 5.02 Å². The van der Waals surface area contributed by atoms with Gasteiger partial charge in [0.2, 0.25) is 5.91 Å². The standard InChI is InChI=1S/C21H30ClN3O2/c1-4-25(5-2)14-8-9-16(3)24-20(26)12-13-21-23-15-19(27-21)17-10-6-7-11-18(17)22/h6-7,10-11,15-16H,4-5,8-9,12-14H2,1-3H3,(H,24,26). The van der Waals surface area contributed by atoms with Crippen molar-refractivity contribution < 1.29 is 9.21 Å². The number of benzene rings is 1. The van der Waals surface area contributed by atoms with Crippen molar-refractivity contribution in [2.45, 2.75) is 52.5 Å². The first-order valence-electron chi connectivity index (χ1n) is 9.74. The lowest BCUT2D eigenvalue weighted by atomic mass is 10.1. The van der Waals surface area contributed by atoms with Gasteiger partial charge in [-0.25, -0.2) is 4.98 Å². The van der Waals surface area contributed by atoms with Crippen LogP contribution < -0.4 is 5.32 Å². The van der Waals surface area contributed by atoms with E-state index in [1.165, 1.54) is 0 Å². The maximum atomic E-state index is 12.2. The van der Waals surface area contributed by atoms with Crippen LogP contribution in [-0.4, -0.2) is 41.5 Å². The number of carbonyl (C=O) groups is 1. The summed E-state index contributed by atoms with van der Waals surface area (Å²) in [5.74, 6) is 1.21. The zero-order valence-electron chi connectivity index (χ0n) is 16.5. The van der Waals surface area contributed by atoms with Gasteiger partial charge >= 0.3 is 0 Å². The fourth-order valence-corrected chi connectivity index (χ4v) is 3.24. The summed E-state index contributed by atoms with van der Waals surface area (Å²) < 4.78 is 5.74. The van der Waals surface area contributed by atoms with Gasteiger partial charge < -0.3 is 14.6 Å². The average molecular weight is 392 g/mol. The molecule has 0 bridgehead atoms. The minimum absolute atomic E-state index is 0.0304. The number of hydrogen-bond donors (Lipinski definition) is 1. The summed E-state index contributed by atoms with van der Waals surface area (Å²) in [5.41, 5.74) is 0.809. The van der Waals surface area contributed by atoms with Gasteiger partial charge in [-0.05, 0) is 51.5 Å². The van der Waals surface area contributed by atoms with Gasteiger partial charge in [0.25, 0.3) is 0 Å². The second-order valence-electron chi connectivity index (χ2n) is 6.74. The van der Waals surface area contributed by atoms with E-state index in [9.17, 15) is 4.79 Å². The molecule has 0 aliphatic rings. The van der Waals surface area contributed by atoms with Crippen molar-refractivity contribution in [3.05, 3.63) is 41.4 Å². The van der Waals surface area contributed by atoms with Crippen LogP contribution in [0.25, 0.3) is 11.3 Å². The van der Waals surface area contributed by atoms with Gasteiger partial charge in [-0.15, -0.1) is 0 Å². The van der Waals surface area contributed by atoms with Crippen molar-refractivity contribution in [2.75, 3.05) is 19.6 Å². The van der Waals surface area contributed by atoms with Crippen LogP contribution in [0, 0.1) is 0 Å². The molecule has 1 aromatic carbocycles. The Morgan fingerprint density at radius 2 is 2.04 bits per heavy atom. The van der Waals surface area contributed by atoms with E-state index < -0.39 is 0 Å². The number of aryl methyl sites for hydroxylation is 1. The van der Waals surface area contributed by atoms with Crippen LogP contribution in [0.4, 0.5) is 0 Å². The lowest BCUT2D eigenvalue weighted by molar-refractivity contribution is -0.121. The monoisotopic (exact) mass is 391 g/mol. The molecule has 1 atom stereocenters. The van der Waals surface area contributed by atoms with Crippen LogP contribution in [0.5, 0.6) is 0 Å². The van der Waals surface area contributed by atoms with Crippen LogP contribution in [0.15, 0.2) is 34.9 Å². The van der Waals surface area contributed by atoms with Crippen LogP contribution in [0.3, 0.4) is 0 Å². The molecule has 27 heavy (non-hydrogen) atoms. The predicted octanol–water partition coefficient (Wildman–Crippen LogP) is 4.55. The molecule has 1 amide bonds. The molecule has 148 valence electrons. The molecule has 1 unspecified atom stereocenters. The highest BCUT2D eigenvalue weighted by Gasteiger charge is 2.12. The number of amides is 1. The van der Waals surface area contributed by atoms with Crippen LogP contribution in [-0.2, 0) is 11.2 Å². The average Bonchev–Trinajstić information content (AvgIpc) is 3.13. The fourth-order valence-electron chi connectivity index (χ4n) is 3.01. The van der Waals surface area contributed by atoms with E-state index in [-0.39, 0.29) is 11.9 Å². The largest absolute Gasteiger partial charge is 0.441 e. The van der Waals surface area contributed by atoms with Crippen LogP contribution >= 0.6 is 11.6 Å². The SMILES string of the molecule is CCN(CC)CCCC(C)NC(=O)CCc1ncc(-c2ccccc2Cl)o1. The second-order valence-corrected chi connectivity index (χ2v) is 7.14. The summed E-state index contributed by atoms with van der Waals surface area (Å²) >= 11 is 6.18. The van der Waals surface area contributed by atoms with Crippen molar-refractivity contribution in [2.24, 2.45) is 0 Å². The minimum Gasteiger partial charge on any atom is -0.441 e. The van der Waals surface area contributed by atoms with Gasteiger partial charge in [-0.3, -0.25) is 4.79 Å². The first-order chi connectivity index (χ1) is 13.0. The number of hydrogen-bond acceptors (Lipinski definition) is 4. The summed E-state index contributed by atoms with van der Waals surface area (Å²) in [6, 6.07) is 7.65. The van der Waals surface area contributed by atoms with Crippen molar-refractivity contribution in [3.63, 3.8) is 0 Å². The lowest BCUT2D eigenvalue weighted by Gasteiger charge is -2.19. The highest BCUT2D eigenvalue weighted by Crippen LogP contribution is 2.28. The number of carbonyl (C=O) groups excluding carboxylic acids is 1. The third kappa shape index (κ3) is 7.00. The van der Waals surface area contributed by atoms with E-state index in [0.29, 0.717) is 29.5 Å². The fraction of sp³-hybridized carbons (Fsp3) is 0.524. The molecule has 0 spiro atoms. The number of aromatic nitrogens is 1. The second kappa shape index (κ2) is 11.1. The van der Waals surface area contributed by atoms with Gasteiger partial charge in [0.1, 0.15) is 0 Å². The number of nitrogens with zero attached hydrogens (tertiary/aromatic N) is 2. The van der Waals surface area contributed by atoms with Gasteiger partial charge in [0.15, 0.2) is 11.7 Å². The normalized spacial score (nSPS) is 12.3. The van der Waals surface area contributed by atoms with Crippen molar-refractivity contribution in [1.29, 1.82) is 0 Å². The Morgan fingerprint density at radius 1 is 1.30 bits per heavy atom. The number of rotatable bonds is 11. The highest BCUT2D eigenvalue weighted by atomic mass is 35.5. The summed E-state index contributed by atoms with van der Waals surface area (Å²) in [5, 5.41) is 3.68. The Hall–Kier alpha value is -1.85. The summed E-state index contributed by atoms with van der Waals surface area (Å²) in [4.78, 5) is 18.8. The zero-order chi connectivity index (χ0) is 19.6. The Morgan fingerprint density at radius 3 is 2.74 bits per heavy atom. The van der Waals surface area contributed by atoms with Crippen molar-refractivity contribution >= 4 is 17.5 Å². The minimum atomic E-state index is 0.0304. The quantitative estimate of drug-likeness (QED) is 0.610. The Bertz CT molecular complexity index is 713. The van der Waals surface area contributed by atoms with E-state index in [4.69, 9.17) is 16.0 Å². The molecule has 6 heteroatoms. The molecular weight excluding hydrogens is 362 g/mol. The summed E-state index contributed by atoms with van der Waals surface area (Å²) in [6.07, 6.45) is 4.57. The van der Waals surface area contributed by atoms with E-state index >= 15 is 0 Å². The predicted molar refractivity (Wildman–Crippen MR) is 110 cm³/mol. The number of oxazole rings is 1. The maximum Gasteiger partial charge on any atom is 0.220 e. The number of halogens is 1. The molecule has 2 rings (SSSR count). The molecule has 0 aliphatic heterocycles. The molecule has 0 saturated carbocycles. The van der Waals surface area contributed by atoms with Crippen LogP contribution in [0.1, 0.15) is 45.9 Å². The molecule has 0 aliphatic carbocycles. The topological polar surface area (TPSA) is 58.4 Å². The first kappa shape index (κ1) is 21.5. The maximum absolute atomic E-state index is 12.2. The Kier molecular flexibility index (Phi) is 8.82. The molecule has 1 N–H and O–H groups in total. The Balaban J connectivity index is 1.73. The van der Waals surface area contributed by atoms with Gasteiger partial charge in [0.05, 0.1) is 11.2 Å². The number of nitrogens with one attached hydrogen (secondary N) is 1. The Labute approximate surface area is 167 Å². The first-order valence-corrected chi connectivity index (χ1v) is 10.1. The smallest absolute Gasteiger partial charge is 0.220 e. The van der Waals surface area contributed by atoms with E-state index in [1.54, 1.807) is 6.20 Å². The van der Waals surface area contributed by atoms with E-state index in [2.05, 4.69) is 36.0 Å². The summed E-state index contributed by atoms with van der Waals surface area (Å²) in [7, 11) is 0. The van der Waals surface area contributed by atoms with Crippen molar-refractivity contribution in [3.8, 4) is 11.3 Å². The molecule has 1 aromatic heterocycles. The van der Waals surface area contributed by atoms with E-state index in [1.807, 2.05) is 24.3 Å². The molecule has 0 fully saturated rings. The van der Waals surface area contributed by atoms with E-state index in [0.717, 1.165) is 38.0 Å². The summed E-state index contributed by atoms with van der Waals surface area (Å²) in [6.45, 7) is 9.63. The molecule has 2 aromatic rings. The van der Waals surface area contributed by atoms with Gasteiger partial charge in [0, 0.05) is 24.4 Å². The molecular formula is C21H30ClN3O2. The highest BCUT2D eigenvalue weighted by molar-refractivity contribution is 6.33. The molecule has 5 nitrogen and oxygen atoms in total. The van der Waals surface area contributed by atoms with Gasteiger partial charge in [-0.2, -0.15) is 0 Å². The molecule has 1 heterocycles. The lowest BCUT2D eigenvalue weighted by Crippen LogP contribution is -2.33. The van der Waals surface area contributed by atoms with Crippen molar-refractivity contribution in [1.82, 2.24) is 15.2 Å². The molecule has 0 radical (unpaired) electrons. The molecule has 0 saturated heterocycles. The third-order valence-corrected chi connectivity index (χ3v) is 5.00.